The Morgan fingerprint density at radius 1 is 1.16 bits per heavy atom. The van der Waals surface area contributed by atoms with Gasteiger partial charge in [0.15, 0.2) is 0 Å². The second-order valence-corrected chi connectivity index (χ2v) is 11.1. The Morgan fingerprint density at radius 3 is 2.46 bits per heavy atom. The van der Waals surface area contributed by atoms with E-state index >= 15 is 0 Å². The zero-order valence-corrected chi connectivity index (χ0v) is 22.5. The zero-order valence-electron chi connectivity index (χ0n) is 21.7. The first kappa shape index (κ1) is 28.2. The SMILES string of the molecule is CC(C)[C@H](NC(=O)OC(C)(C)C)C(=O)N1CSC[C@H]1C(=O)N[C@@H](Cc1ccccc1)C(=O)c1ncco1. The van der Waals surface area contributed by atoms with Gasteiger partial charge in [0, 0.05) is 12.2 Å². The van der Waals surface area contributed by atoms with Gasteiger partial charge in [-0.1, -0.05) is 44.2 Å². The van der Waals surface area contributed by atoms with E-state index in [1.807, 2.05) is 44.2 Å². The molecule has 2 aromatic rings. The number of hydrogen-bond donors (Lipinski definition) is 2. The smallest absolute Gasteiger partial charge is 0.408 e. The highest BCUT2D eigenvalue weighted by Gasteiger charge is 2.40. The van der Waals surface area contributed by atoms with Gasteiger partial charge in [-0.3, -0.25) is 14.4 Å². The highest BCUT2D eigenvalue weighted by molar-refractivity contribution is 7.99. The quantitative estimate of drug-likeness (QED) is 0.473. The standard InChI is InChI=1S/C26H34N4O6S/c1-16(2)20(29-25(34)36-26(3,4)5)24(33)30-15-37-14-19(30)22(32)28-18(13-17-9-7-6-8-10-17)21(31)23-27-11-12-35-23/h6-12,16,18-20H,13-15H2,1-5H3,(H,28,32)(H,29,34)/t18-,19-,20-/m0/s1. The van der Waals surface area contributed by atoms with Crippen molar-refractivity contribution >= 4 is 35.5 Å². The molecule has 10 nitrogen and oxygen atoms in total. The highest BCUT2D eigenvalue weighted by atomic mass is 32.2. The van der Waals surface area contributed by atoms with Crippen LogP contribution < -0.4 is 10.6 Å². The third-order valence-electron chi connectivity index (χ3n) is 5.63. The number of rotatable bonds is 9. The van der Waals surface area contributed by atoms with Gasteiger partial charge in [-0.15, -0.1) is 11.8 Å². The van der Waals surface area contributed by atoms with E-state index in [-0.39, 0.29) is 30.0 Å². The number of amides is 3. The first-order valence-corrected chi connectivity index (χ1v) is 13.3. The molecule has 1 saturated heterocycles. The van der Waals surface area contributed by atoms with Crippen LogP contribution in [-0.2, 0) is 20.7 Å². The van der Waals surface area contributed by atoms with Crippen molar-refractivity contribution in [3.63, 3.8) is 0 Å². The molecule has 200 valence electrons. The summed E-state index contributed by atoms with van der Waals surface area (Å²) in [4.78, 5) is 57.7. The number of hydrogen-bond acceptors (Lipinski definition) is 8. The molecule has 2 heterocycles. The van der Waals surface area contributed by atoms with Crippen LogP contribution >= 0.6 is 11.8 Å². The maximum Gasteiger partial charge on any atom is 0.408 e. The van der Waals surface area contributed by atoms with Crippen LogP contribution in [-0.4, -0.2) is 68.9 Å². The molecule has 11 heteroatoms. The van der Waals surface area contributed by atoms with E-state index in [2.05, 4.69) is 15.6 Å². The minimum absolute atomic E-state index is 0.101. The van der Waals surface area contributed by atoms with Crippen molar-refractivity contribution in [2.24, 2.45) is 5.92 Å². The normalized spacial score (nSPS) is 17.2. The fourth-order valence-electron chi connectivity index (χ4n) is 3.82. The molecular formula is C26H34N4O6S. The summed E-state index contributed by atoms with van der Waals surface area (Å²) in [5, 5.41) is 5.46. The number of nitrogens with zero attached hydrogens (tertiary/aromatic N) is 2. The lowest BCUT2D eigenvalue weighted by Gasteiger charge is -2.31. The maximum atomic E-state index is 13.5. The molecule has 3 amide bonds. The minimum atomic E-state index is -0.933. The van der Waals surface area contributed by atoms with Crippen LogP contribution in [0.1, 0.15) is 50.9 Å². The van der Waals surface area contributed by atoms with E-state index in [1.54, 1.807) is 20.8 Å². The number of alkyl carbamates (subject to hydrolysis) is 1. The van der Waals surface area contributed by atoms with Crippen LogP contribution in [0.25, 0.3) is 0 Å². The molecular weight excluding hydrogens is 496 g/mol. The number of ketones is 1. The number of carbonyl (C=O) groups is 4. The number of oxazole rings is 1. The number of aromatic nitrogens is 1. The summed E-state index contributed by atoms with van der Waals surface area (Å²) in [6.07, 6.45) is 2.20. The molecule has 0 unspecified atom stereocenters. The molecule has 1 aliphatic heterocycles. The van der Waals surface area contributed by atoms with Gasteiger partial charge in [-0.2, -0.15) is 0 Å². The number of carbonyl (C=O) groups excluding carboxylic acids is 4. The Morgan fingerprint density at radius 2 is 1.86 bits per heavy atom. The van der Waals surface area contributed by atoms with Crippen LogP contribution in [0.5, 0.6) is 0 Å². The molecule has 1 aliphatic rings. The summed E-state index contributed by atoms with van der Waals surface area (Å²) < 4.78 is 10.5. The van der Waals surface area contributed by atoms with Gasteiger partial charge >= 0.3 is 6.09 Å². The van der Waals surface area contributed by atoms with Gasteiger partial charge in [0.1, 0.15) is 30.0 Å². The zero-order chi connectivity index (χ0) is 27.2. The molecule has 2 N–H and O–H groups in total. The molecule has 1 aromatic carbocycles. The van der Waals surface area contributed by atoms with Crippen molar-refractivity contribution in [2.75, 3.05) is 11.6 Å². The van der Waals surface area contributed by atoms with Crippen molar-refractivity contribution < 1.29 is 28.3 Å². The molecule has 3 rings (SSSR count). The summed E-state index contributed by atoms with van der Waals surface area (Å²) in [7, 11) is 0. The van der Waals surface area contributed by atoms with E-state index in [0.717, 1.165) is 5.56 Å². The van der Waals surface area contributed by atoms with Crippen LogP contribution in [0.2, 0.25) is 0 Å². The Kier molecular flexibility index (Phi) is 9.36. The average molecular weight is 531 g/mol. The average Bonchev–Trinajstić information content (AvgIpc) is 3.53. The van der Waals surface area contributed by atoms with Crippen LogP contribution in [0.3, 0.4) is 0 Å². The molecule has 1 fully saturated rings. The molecule has 0 aliphatic carbocycles. The largest absolute Gasteiger partial charge is 0.444 e. The van der Waals surface area contributed by atoms with E-state index < -0.39 is 41.5 Å². The highest BCUT2D eigenvalue weighted by Crippen LogP contribution is 2.24. The third kappa shape index (κ3) is 7.82. The van der Waals surface area contributed by atoms with E-state index in [1.165, 1.54) is 29.1 Å². The van der Waals surface area contributed by atoms with Crippen molar-refractivity contribution in [3.05, 3.63) is 54.2 Å². The monoisotopic (exact) mass is 530 g/mol. The lowest BCUT2D eigenvalue weighted by molar-refractivity contribution is -0.140. The summed E-state index contributed by atoms with van der Waals surface area (Å²) in [6.45, 7) is 8.83. The Bertz CT molecular complexity index is 1080. The van der Waals surface area contributed by atoms with Gasteiger partial charge in [0.25, 0.3) is 5.89 Å². The third-order valence-corrected chi connectivity index (χ3v) is 6.64. The van der Waals surface area contributed by atoms with Crippen LogP contribution in [0, 0.1) is 5.92 Å². The molecule has 3 atom stereocenters. The van der Waals surface area contributed by atoms with E-state index in [9.17, 15) is 19.2 Å². The number of ether oxygens (including phenoxy) is 1. The van der Waals surface area contributed by atoms with Gasteiger partial charge in [0.2, 0.25) is 17.6 Å². The van der Waals surface area contributed by atoms with E-state index in [4.69, 9.17) is 9.15 Å². The van der Waals surface area contributed by atoms with Gasteiger partial charge in [0.05, 0.1) is 12.1 Å². The molecule has 1 aromatic heterocycles. The Hall–Kier alpha value is -3.34. The Balaban J connectivity index is 1.75. The van der Waals surface area contributed by atoms with Crippen LogP contribution in [0.15, 0.2) is 47.2 Å². The number of thioether (sulfide) groups is 1. The summed E-state index contributed by atoms with van der Waals surface area (Å²) in [5.74, 6) is -1.00. The predicted molar refractivity (Wildman–Crippen MR) is 139 cm³/mol. The first-order chi connectivity index (χ1) is 17.5. The molecule has 0 saturated carbocycles. The number of nitrogens with one attached hydrogen (secondary N) is 2. The number of benzene rings is 1. The lowest BCUT2D eigenvalue weighted by Crippen LogP contribution is -2.57. The predicted octanol–water partition coefficient (Wildman–Crippen LogP) is 3.04. The minimum Gasteiger partial charge on any atom is -0.444 e. The van der Waals surface area contributed by atoms with Crippen molar-refractivity contribution in [3.8, 4) is 0 Å². The topological polar surface area (TPSA) is 131 Å². The molecule has 37 heavy (non-hydrogen) atoms. The maximum absolute atomic E-state index is 13.5. The summed E-state index contributed by atoms with van der Waals surface area (Å²) >= 11 is 1.43. The molecule has 0 spiro atoms. The molecule has 0 radical (unpaired) electrons. The van der Waals surface area contributed by atoms with E-state index in [0.29, 0.717) is 5.75 Å². The Labute approximate surface area is 220 Å². The van der Waals surface area contributed by atoms with Crippen molar-refractivity contribution in [1.82, 2.24) is 20.5 Å². The van der Waals surface area contributed by atoms with Gasteiger partial charge in [-0.05, 0) is 32.3 Å². The van der Waals surface area contributed by atoms with Crippen LogP contribution in [0.4, 0.5) is 4.79 Å². The van der Waals surface area contributed by atoms with Gasteiger partial charge < -0.3 is 24.7 Å². The lowest BCUT2D eigenvalue weighted by atomic mass is 10.0. The second kappa shape index (κ2) is 12.3. The number of Topliss-reactive ketones (excluding diaryl/α,β-unsaturated/α-hetero) is 1. The summed E-state index contributed by atoms with van der Waals surface area (Å²) in [5.41, 5.74) is 0.131. The van der Waals surface area contributed by atoms with Crippen molar-refractivity contribution in [1.29, 1.82) is 0 Å². The molecule has 0 bridgehead atoms. The van der Waals surface area contributed by atoms with Crippen molar-refractivity contribution in [2.45, 2.75) is 64.8 Å². The van der Waals surface area contributed by atoms with Gasteiger partial charge in [-0.25, -0.2) is 9.78 Å². The fraction of sp³-hybridized carbons (Fsp3) is 0.500. The first-order valence-electron chi connectivity index (χ1n) is 12.1. The fourth-order valence-corrected chi connectivity index (χ4v) is 4.99. The summed E-state index contributed by atoms with van der Waals surface area (Å²) in [6, 6.07) is 6.66. The second-order valence-electron chi connectivity index (χ2n) is 10.1.